The minimum atomic E-state index is -0.0815. The maximum absolute atomic E-state index is 9.59. The van der Waals surface area contributed by atoms with Gasteiger partial charge in [0.15, 0.2) is 5.82 Å². The van der Waals surface area contributed by atoms with Crippen LogP contribution in [0.3, 0.4) is 0 Å². The number of tetrazole rings is 1. The van der Waals surface area contributed by atoms with Gasteiger partial charge in [-0.25, -0.2) is 0 Å². The zero-order valence-electron chi connectivity index (χ0n) is 9.25. The van der Waals surface area contributed by atoms with E-state index in [1.54, 1.807) is 6.07 Å². The van der Waals surface area contributed by atoms with E-state index in [0.717, 1.165) is 0 Å². The number of aromatic nitrogens is 4. The summed E-state index contributed by atoms with van der Waals surface area (Å²) in [5.41, 5.74) is 0.693. The van der Waals surface area contributed by atoms with Crippen LogP contribution in [0.25, 0.3) is 0 Å². The molecule has 90 valence electrons. The lowest BCUT2D eigenvalue weighted by Crippen LogP contribution is -2.19. The maximum atomic E-state index is 9.59. The van der Waals surface area contributed by atoms with Gasteiger partial charge >= 0.3 is 0 Å². The van der Waals surface area contributed by atoms with Gasteiger partial charge in [-0.1, -0.05) is 11.3 Å². The Balaban J connectivity index is 1.98. The van der Waals surface area contributed by atoms with Crippen molar-refractivity contribution < 1.29 is 10.2 Å². The molecule has 1 aromatic carbocycles. The lowest BCUT2D eigenvalue weighted by molar-refractivity contribution is 0.440. The minimum absolute atomic E-state index is 0.0393. The van der Waals surface area contributed by atoms with Crippen LogP contribution in [0, 0.1) is 0 Å². The molecule has 1 atom stereocenters. The molecular weight excluding hydrogens is 222 g/mol. The number of H-pyrrole nitrogens is 1. The second-order valence-corrected chi connectivity index (χ2v) is 3.69. The van der Waals surface area contributed by atoms with Gasteiger partial charge in [-0.3, -0.25) is 0 Å². The molecule has 0 radical (unpaired) electrons. The Morgan fingerprint density at radius 2 is 2.24 bits per heavy atom. The van der Waals surface area contributed by atoms with Crippen LogP contribution in [0.4, 0.5) is 0 Å². The number of hydrogen-bond acceptors (Lipinski definition) is 6. The fraction of sp³-hybridized carbons (Fsp3) is 0.300. The third kappa shape index (κ3) is 2.70. The second kappa shape index (κ2) is 4.79. The molecule has 0 amide bonds. The van der Waals surface area contributed by atoms with E-state index >= 15 is 0 Å². The van der Waals surface area contributed by atoms with Gasteiger partial charge in [-0.15, -0.1) is 10.2 Å². The van der Waals surface area contributed by atoms with Crippen molar-refractivity contribution in [3.05, 3.63) is 29.6 Å². The molecule has 2 rings (SSSR count). The Morgan fingerprint density at radius 3 is 2.88 bits per heavy atom. The fourth-order valence-corrected chi connectivity index (χ4v) is 1.41. The van der Waals surface area contributed by atoms with Crippen molar-refractivity contribution in [1.82, 2.24) is 25.9 Å². The molecule has 1 aromatic heterocycles. The summed E-state index contributed by atoms with van der Waals surface area (Å²) in [6.45, 7) is 2.34. The van der Waals surface area contributed by atoms with Gasteiger partial charge in [0, 0.05) is 18.2 Å². The zero-order chi connectivity index (χ0) is 12.3. The van der Waals surface area contributed by atoms with Gasteiger partial charge in [-0.05, 0) is 13.0 Å². The molecule has 17 heavy (non-hydrogen) atoms. The van der Waals surface area contributed by atoms with Gasteiger partial charge in [-0.2, -0.15) is 5.21 Å². The Kier molecular flexibility index (Phi) is 3.20. The van der Waals surface area contributed by atoms with Gasteiger partial charge in [0.1, 0.15) is 11.5 Å². The van der Waals surface area contributed by atoms with Crippen LogP contribution in [0.15, 0.2) is 18.2 Å². The lowest BCUT2D eigenvalue weighted by atomic mass is 10.2. The van der Waals surface area contributed by atoms with Crippen molar-refractivity contribution in [1.29, 1.82) is 0 Å². The number of phenols is 2. The van der Waals surface area contributed by atoms with E-state index in [2.05, 4.69) is 25.9 Å². The molecule has 0 bridgehead atoms. The molecule has 1 unspecified atom stereocenters. The monoisotopic (exact) mass is 235 g/mol. The normalized spacial score (nSPS) is 12.5. The van der Waals surface area contributed by atoms with Crippen LogP contribution in [0.5, 0.6) is 11.5 Å². The zero-order valence-corrected chi connectivity index (χ0v) is 9.25. The third-order valence-electron chi connectivity index (χ3n) is 2.42. The number of rotatable bonds is 4. The standard InChI is InChI=1S/C10H13N5O2/c1-6(10-12-14-15-13-10)11-5-7-2-3-8(16)4-9(7)17/h2-4,6,11,16-17H,5H2,1H3,(H,12,13,14,15). The minimum Gasteiger partial charge on any atom is -0.508 e. The van der Waals surface area contributed by atoms with Crippen molar-refractivity contribution in [2.24, 2.45) is 0 Å². The first-order valence-electron chi connectivity index (χ1n) is 5.14. The predicted octanol–water partition coefficient (Wildman–Crippen LogP) is 0.462. The van der Waals surface area contributed by atoms with Gasteiger partial charge < -0.3 is 15.5 Å². The van der Waals surface area contributed by atoms with Crippen molar-refractivity contribution in [2.75, 3.05) is 0 Å². The number of aromatic amines is 1. The molecule has 4 N–H and O–H groups in total. The molecule has 2 aromatic rings. The fourth-order valence-electron chi connectivity index (χ4n) is 1.41. The number of hydrogen-bond donors (Lipinski definition) is 4. The van der Waals surface area contributed by atoms with E-state index in [4.69, 9.17) is 5.11 Å². The molecule has 1 heterocycles. The molecule has 0 fully saturated rings. The average molecular weight is 235 g/mol. The van der Waals surface area contributed by atoms with Crippen LogP contribution in [0.1, 0.15) is 24.4 Å². The summed E-state index contributed by atoms with van der Waals surface area (Å²) in [5, 5.41) is 35.4. The van der Waals surface area contributed by atoms with Gasteiger partial charge in [0.2, 0.25) is 0 Å². The third-order valence-corrected chi connectivity index (χ3v) is 2.42. The summed E-state index contributed by atoms with van der Waals surface area (Å²) in [4.78, 5) is 0. The van der Waals surface area contributed by atoms with Crippen LogP contribution < -0.4 is 5.32 Å². The molecule has 7 nitrogen and oxygen atoms in total. The van der Waals surface area contributed by atoms with Crippen molar-refractivity contribution in [3.63, 3.8) is 0 Å². The first kappa shape index (κ1) is 11.3. The highest BCUT2D eigenvalue weighted by molar-refractivity contribution is 5.38. The summed E-state index contributed by atoms with van der Waals surface area (Å²) in [6.07, 6.45) is 0. The first-order chi connectivity index (χ1) is 8.16. The molecular formula is C10H13N5O2. The Labute approximate surface area is 97.5 Å². The highest BCUT2D eigenvalue weighted by Gasteiger charge is 2.10. The Bertz CT molecular complexity index is 485. The highest BCUT2D eigenvalue weighted by Crippen LogP contribution is 2.22. The maximum Gasteiger partial charge on any atom is 0.191 e. The molecule has 7 heteroatoms. The van der Waals surface area contributed by atoms with Crippen LogP contribution in [-0.2, 0) is 6.54 Å². The van der Waals surface area contributed by atoms with Crippen molar-refractivity contribution in [3.8, 4) is 11.5 Å². The van der Waals surface area contributed by atoms with Crippen molar-refractivity contribution >= 4 is 0 Å². The predicted molar refractivity (Wildman–Crippen MR) is 59.2 cm³/mol. The summed E-state index contributed by atoms with van der Waals surface area (Å²) in [6, 6.07) is 4.40. The largest absolute Gasteiger partial charge is 0.508 e. The van der Waals surface area contributed by atoms with E-state index in [1.807, 2.05) is 6.92 Å². The average Bonchev–Trinajstić information content (AvgIpc) is 2.81. The van der Waals surface area contributed by atoms with Gasteiger partial charge in [0.05, 0.1) is 6.04 Å². The smallest absolute Gasteiger partial charge is 0.191 e. The molecule has 0 saturated carbocycles. The van der Waals surface area contributed by atoms with E-state index < -0.39 is 0 Å². The molecule has 0 spiro atoms. The quantitative estimate of drug-likeness (QED) is 0.613. The van der Waals surface area contributed by atoms with E-state index in [1.165, 1.54) is 12.1 Å². The van der Waals surface area contributed by atoms with Crippen LogP contribution in [-0.4, -0.2) is 30.8 Å². The number of nitrogens with one attached hydrogen (secondary N) is 2. The van der Waals surface area contributed by atoms with E-state index in [-0.39, 0.29) is 17.5 Å². The van der Waals surface area contributed by atoms with Crippen LogP contribution >= 0.6 is 0 Å². The highest BCUT2D eigenvalue weighted by atomic mass is 16.3. The second-order valence-electron chi connectivity index (χ2n) is 3.69. The number of phenolic OH excluding ortho intramolecular Hbond substituents is 2. The van der Waals surface area contributed by atoms with E-state index in [9.17, 15) is 5.11 Å². The topological polar surface area (TPSA) is 107 Å². The molecule has 0 aliphatic rings. The summed E-state index contributed by atoms with van der Waals surface area (Å²) < 4.78 is 0. The summed E-state index contributed by atoms with van der Waals surface area (Å²) in [5.74, 6) is 0.651. The molecule has 0 aliphatic carbocycles. The Hall–Kier alpha value is -2.15. The number of benzene rings is 1. The number of nitrogens with zero attached hydrogens (tertiary/aromatic N) is 3. The Morgan fingerprint density at radius 1 is 1.41 bits per heavy atom. The van der Waals surface area contributed by atoms with Gasteiger partial charge in [0.25, 0.3) is 0 Å². The molecule has 0 saturated heterocycles. The first-order valence-corrected chi connectivity index (χ1v) is 5.14. The summed E-state index contributed by atoms with van der Waals surface area (Å²) >= 11 is 0. The molecule has 0 aliphatic heterocycles. The van der Waals surface area contributed by atoms with E-state index in [0.29, 0.717) is 17.9 Å². The van der Waals surface area contributed by atoms with Crippen molar-refractivity contribution in [2.45, 2.75) is 19.5 Å². The van der Waals surface area contributed by atoms with Crippen LogP contribution in [0.2, 0.25) is 0 Å². The number of aromatic hydroxyl groups is 2. The SMILES string of the molecule is CC(NCc1ccc(O)cc1O)c1nn[nH]n1. The lowest BCUT2D eigenvalue weighted by Gasteiger charge is -2.10. The summed E-state index contributed by atoms with van der Waals surface area (Å²) in [7, 11) is 0.